The van der Waals surface area contributed by atoms with Crippen LogP contribution in [0, 0.1) is 4.64 Å². The SMILES string of the molecule is S=c1[nH]c(Cl)cc2cc(Br)ccc12. The molecule has 1 nitrogen and oxygen atoms in total. The van der Waals surface area contributed by atoms with Crippen molar-refractivity contribution in [1.82, 2.24) is 4.98 Å². The van der Waals surface area contributed by atoms with Gasteiger partial charge in [0, 0.05) is 9.86 Å². The van der Waals surface area contributed by atoms with Crippen LogP contribution in [0.15, 0.2) is 28.7 Å². The molecule has 66 valence electrons. The van der Waals surface area contributed by atoms with E-state index in [2.05, 4.69) is 20.9 Å². The Morgan fingerprint density at radius 1 is 1.31 bits per heavy atom. The average molecular weight is 275 g/mol. The molecule has 0 aliphatic heterocycles. The Morgan fingerprint density at radius 3 is 2.85 bits per heavy atom. The molecule has 0 unspecified atom stereocenters. The Balaban J connectivity index is 2.95. The van der Waals surface area contributed by atoms with Crippen molar-refractivity contribution in [2.75, 3.05) is 0 Å². The van der Waals surface area contributed by atoms with E-state index >= 15 is 0 Å². The molecule has 1 aromatic heterocycles. The normalized spacial score (nSPS) is 10.6. The summed E-state index contributed by atoms with van der Waals surface area (Å²) >= 11 is 14.4. The van der Waals surface area contributed by atoms with Crippen molar-refractivity contribution in [3.05, 3.63) is 38.5 Å². The van der Waals surface area contributed by atoms with Gasteiger partial charge in [-0.15, -0.1) is 0 Å². The van der Waals surface area contributed by atoms with Crippen LogP contribution in [0.1, 0.15) is 0 Å². The summed E-state index contributed by atoms with van der Waals surface area (Å²) in [5, 5.41) is 2.63. The highest BCUT2D eigenvalue weighted by Crippen LogP contribution is 2.22. The van der Waals surface area contributed by atoms with Gasteiger partial charge in [0.1, 0.15) is 9.79 Å². The van der Waals surface area contributed by atoms with Crippen molar-refractivity contribution < 1.29 is 0 Å². The summed E-state index contributed by atoms with van der Waals surface area (Å²) in [4.78, 5) is 2.90. The lowest BCUT2D eigenvalue weighted by Gasteiger charge is -1.99. The van der Waals surface area contributed by atoms with Crippen LogP contribution in [0.2, 0.25) is 5.15 Å². The Labute approximate surface area is 93.9 Å². The Hall–Kier alpha value is -0.380. The van der Waals surface area contributed by atoms with Crippen molar-refractivity contribution in [3.63, 3.8) is 0 Å². The van der Waals surface area contributed by atoms with Gasteiger partial charge in [-0.1, -0.05) is 45.8 Å². The number of halogens is 2. The van der Waals surface area contributed by atoms with Crippen LogP contribution < -0.4 is 0 Å². The van der Waals surface area contributed by atoms with Gasteiger partial charge in [-0.25, -0.2) is 0 Å². The quantitative estimate of drug-likeness (QED) is 0.559. The van der Waals surface area contributed by atoms with Crippen molar-refractivity contribution >= 4 is 50.5 Å². The van der Waals surface area contributed by atoms with Gasteiger partial charge in [0.05, 0.1) is 0 Å². The first-order valence-electron chi connectivity index (χ1n) is 3.65. The summed E-state index contributed by atoms with van der Waals surface area (Å²) in [5.74, 6) is 0. The fraction of sp³-hybridized carbons (Fsp3) is 0. The molecular formula is C9H5BrClNS. The summed E-state index contributed by atoms with van der Waals surface area (Å²) in [6.45, 7) is 0. The zero-order valence-electron chi connectivity index (χ0n) is 6.47. The van der Waals surface area contributed by atoms with Gasteiger partial charge < -0.3 is 4.98 Å². The van der Waals surface area contributed by atoms with Gasteiger partial charge in [-0.05, 0) is 23.6 Å². The van der Waals surface area contributed by atoms with Gasteiger partial charge in [-0.3, -0.25) is 0 Å². The smallest absolute Gasteiger partial charge is 0.112 e. The summed E-state index contributed by atoms with van der Waals surface area (Å²) in [7, 11) is 0. The van der Waals surface area contributed by atoms with E-state index in [0.29, 0.717) is 9.79 Å². The lowest BCUT2D eigenvalue weighted by atomic mass is 10.2. The number of aromatic nitrogens is 1. The Bertz CT molecular complexity index is 515. The molecule has 1 heterocycles. The van der Waals surface area contributed by atoms with Crippen LogP contribution in [-0.2, 0) is 0 Å². The first-order chi connectivity index (χ1) is 6.16. The summed E-state index contributed by atoms with van der Waals surface area (Å²) in [6.07, 6.45) is 0. The number of fused-ring (bicyclic) bond motifs is 1. The minimum atomic E-state index is 0.565. The molecule has 0 fully saturated rings. The van der Waals surface area contributed by atoms with E-state index in [1.54, 1.807) is 0 Å². The van der Waals surface area contributed by atoms with Crippen LogP contribution in [0.3, 0.4) is 0 Å². The maximum atomic E-state index is 5.84. The van der Waals surface area contributed by atoms with E-state index in [1.165, 1.54) is 0 Å². The Morgan fingerprint density at radius 2 is 2.08 bits per heavy atom. The van der Waals surface area contributed by atoms with Crippen LogP contribution in [0.5, 0.6) is 0 Å². The minimum Gasteiger partial charge on any atom is -0.337 e. The third-order valence-corrected chi connectivity index (χ3v) is 2.79. The highest BCUT2D eigenvalue weighted by atomic mass is 79.9. The number of nitrogens with one attached hydrogen (secondary N) is 1. The highest BCUT2D eigenvalue weighted by Gasteiger charge is 1.97. The van der Waals surface area contributed by atoms with Crippen molar-refractivity contribution in [3.8, 4) is 0 Å². The molecule has 2 rings (SSSR count). The van der Waals surface area contributed by atoms with Gasteiger partial charge in [0.2, 0.25) is 0 Å². The minimum absolute atomic E-state index is 0.565. The summed E-state index contributed by atoms with van der Waals surface area (Å²) in [5.41, 5.74) is 0. The highest BCUT2D eigenvalue weighted by molar-refractivity contribution is 9.10. The monoisotopic (exact) mass is 273 g/mol. The molecule has 0 aliphatic carbocycles. The molecule has 1 aromatic carbocycles. The third-order valence-electron chi connectivity index (χ3n) is 1.77. The number of aromatic amines is 1. The van der Waals surface area contributed by atoms with E-state index in [4.69, 9.17) is 23.8 Å². The van der Waals surface area contributed by atoms with Crippen LogP contribution >= 0.6 is 39.7 Å². The van der Waals surface area contributed by atoms with Crippen LogP contribution in [0.25, 0.3) is 10.8 Å². The molecule has 0 amide bonds. The molecule has 0 spiro atoms. The second-order valence-electron chi connectivity index (χ2n) is 2.68. The molecule has 2 aromatic rings. The number of benzene rings is 1. The number of hydrogen-bond acceptors (Lipinski definition) is 1. The third kappa shape index (κ3) is 1.77. The predicted molar refractivity (Wildman–Crippen MR) is 61.8 cm³/mol. The van der Waals surface area contributed by atoms with E-state index in [-0.39, 0.29) is 0 Å². The predicted octanol–water partition coefficient (Wildman–Crippen LogP) is 4.31. The van der Waals surface area contributed by atoms with Gasteiger partial charge in [0.15, 0.2) is 0 Å². The van der Waals surface area contributed by atoms with Crippen molar-refractivity contribution in [1.29, 1.82) is 0 Å². The number of pyridine rings is 1. The van der Waals surface area contributed by atoms with E-state index in [0.717, 1.165) is 15.2 Å². The fourth-order valence-electron chi connectivity index (χ4n) is 1.21. The van der Waals surface area contributed by atoms with E-state index < -0.39 is 0 Å². The van der Waals surface area contributed by atoms with E-state index in [9.17, 15) is 0 Å². The first-order valence-corrected chi connectivity index (χ1v) is 5.23. The van der Waals surface area contributed by atoms with Crippen LogP contribution in [0.4, 0.5) is 0 Å². The van der Waals surface area contributed by atoms with Gasteiger partial charge in [-0.2, -0.15) is 0 Å². The molecule has 0 radical (unpaired) electrons. The molecule has 0 saturated heterocycles. The zero-order valence-corrected chi connectivity index (χ0v) is 9.63. The standard InChI is InChI=1S/C9H5BrClNS/c10-6-1-2-7-5(3-6)4-8(11)12-9(7)13/h1-4H,(H,12,13). The maximum absolute atomic E-state index is 5.84. The average Bonchev–Trinajstić information content (AvgIpc) is 2.02. The second kappa shape index (κ2) is 3.40. The molecule has 0 bridgehead atoms. The van der Waals surface area contributed by atoms with Crippen molar-refractivity contribution in [2.45, 2.75) is 0 Å². The fourth-order valence-corrected chi connectivity index (χ4v) is 2.15. The molecule has 0 atom stereocenters. The lowest BCUT2D eigenvalue weighted by molar-refractivity contribution is 1.33. The van der Waals surface area contributed by atoms with Gasteiger partial charge >= 0.3 is 0 Å². The number of rotatable bonds is 0. The zero-order chi connectivity index (χ0) is 9.42. The summed E-state index contributed by atoms with van der Waals surface area (Å²) < 4.78 is 1.70. The van der Waals surface area contributed by atoms with E-state index in [1.807, 2.05) is 24.3 Å². The number of hydrogen-bond donors (Lipinski definition) is 1. The molecule has 0 saturated carbocycles. The Kier molecular flexibility index (Phi) is 2.41. The summed E-state index contributed by atoms with van der Waals surface area (Å²) in [6, 6.07) is 7.77. The molecule has 13 heavy (non-hydrogen) atoms. The second-order valence-corrected chi connectivity index (χ2v) is 4.41. The molecule has 4 heteroatoms. The molecule has 1 N–H and O–H groups in total. The van der Waals surface area contributed by atoms with Gasteiger partial charge in [0.25, 0.3) is 0 Å². The van der Waals surface area contributed by atoms with Crippen molar-refractivity contribution in [2.24, 2.45) is 0 Å². The number of H-pyrrole nitrogens is 1. The lowest BCUT2D eigenvalue weighted by Crippen LogP contribution is -1.80. The molecule has 0 aliphatic rings. The maximum Gasteiger partial charge on any atom is 0.112 e. The molecular weight excluding hydrogens is 270 g/mol. The largest absolute Gasteiger partial charge is 0.337 e. The van der Waals surface area contributed by atoms with Crippen LogP contribution in [-0.4, -0.2) is 4.98 Å². The topological polar surface area (TPSA) is 15.8 Å². The first kappa shape index (κ1) is 9.19.